The molecule has 0 saturated carbocycles. The third-order valence-electron chi connectivity index (χ3n) is 6.22. The standard InChI is InChI=1S/C25H31N7O5S/c1-4-37-22-13-27-12-20(30-22)17-5-6-19(29-11-17)18-14-36-10-8-25(18,23(26)33)21-7-9-28-24(31-21)32-38(34,35)15-16(2)3/h5-7,9,11-13,16,18H,4,8,10,14-15H2,1-3H3,(H2,26,33)(H,28,31,32). The zero-order chi connectivity index (χ0) is 27.3. The molecule has 3 aromatic rings. The quantitative estimate of drug-likeness (QED) is 0.387. The van der Waals surface area contributed by atoms with Crippen LogP contribution in [0, 0.1) is 5.92 Å². The first-order chi connectivity index (χ1) is 18.1. The Kier molecular flexibility index (Phi) is 8.17. The van der Waals surface area contributed by atoms with Crippen molar-refractivity contribution in [2.45, 2.75) is 38.5 Å². The second-order valence-corrected chi connectivity index (χ2v) is 11.2. The molecule has 0 spiro atoms. The summed E-state index contributed by atoms with van der Waals surface area (Å²) in [7, 11) is -3.67. The van der Waals surface area contributed by atoms with Gasteiger partial charge in [0.25, 0.3) is 0 Å². The molecule has 2 atom stereocenters. The van der Waals surface area contributed by atoms with Crippen LogP contribution in [0.5, 0.6) is 5.88 Å². The van der Waals surface area contributed by atoms with Crippen LogP contribution in [0.3, 0.4) is 0 Å². The molecule has 0 radical (unpaired) electrons. The molecule has 1 fully saturated rings. The average Bonchev–Trinajstić information content (AvgIpc) is 2.88. The highest BCUT2D eigenvalue weighted by atomic mass is 32.2. The highest BCUT2D eigenvalue weighted by Crippen LogP contribution is 2.44. The lowest BCUT2D eigenvalue weighted by atomic mass is 9.67. The van der Waals surface area contributed by atoms with Gasteiger partial charge in [0.15, 0.2) is 0 Å². The van der Waals surface area contributed by atoms with Gasteiger partial charge in [0.2, 0.25) is 27.8 Å². The summed E-state index contributed by atoms with van der Waals surface area (Å²) in [5.74, 6) is -1.07. The van der Waals surface area contributed by atoms with E-state index in [9.17, 15) is 13.2 Å². The molecule has 3 aromatic heterocycles. The summed E-state index contributed by atoms with van der Waals surface area (Å²) in [5.41, 5.74) is 6.91. The first-order valence-electron chi connectivity index (χ1n) is 12.3. The molecule has 2 unspecified atom stereocenters. The van der Waals surface area contributed by atoms with Gasteiger partial charge in [0.05, 0.1) is 42.7 Å². The molecule has 4 rings (SSSR count). The molecule has 1 saturated heterocycles. The van der Waals surface area contributed by atoms with Gasteiger partial charge in [-0.1, -0.05) is 13.8 Å². The van der Waals surface area contributed by atoms with Crippen LogP contribution in [0.2, 0.25) is 0 Å². The Morgan fingerprint density at radius 1 is 1.21 bits per heavy atom. The number of sulfonamides is 1. The van der Waals surface area contributed by atoms with Gasteiger partial charge in [-0.3, -0.25) is 19.5 Å². The van der Waals surface area contributed by atoms with Crippen LogP contribution in [0.25, 0.3) is 11.3 Å². The number of pyridine rings is 1. The molecule has 202 valence electrons. The Bertz CT molecular complexity index is 1380. The van der Waals surface area contributed by atoms with E-state index in [0.29, 0.717) is 35.1 Å². The molecule has 1 aliphatic heterocycles. The van der Waals surface area contributed by atoms with Crippen LogP contribution in [0.15, 0.2) is 43.0 Å². The van der Waals surface area contributed by atoms with Crippen molar-refractivity contribution >= 4 is 21.9 Å². The number of nitrogens with zero attached hydrogens (tertiary/aromatic N) is 5. The van der Waals surface area contributed by atoms with E-state index in [-0.39, 0.29) is 37.3 Å². The SMILES string of the molecule is CCOc1cncc(-c2ccc(C3COCCC3(C(N)=O)c3ccnc(NS(=O)(=O)CC(C)C)n3)nc2)n1. The fourth-order valence-corrected chi connectivity index (χ4v) is 5.90. The van der Waals surface area contributed by atoms with Gasteiger partial charge >= 0.3 is 0 Å². The monoisotopic (exact) mass is 541 g/mol. The van der Waals surface area contributed by atoms with Crippen LogP contribution in [-0.2, 0) is 25.0 Å². The van der Waals surface area contributed by atoms with Crippen molar-refractivity contribution in [3.8, 4) is 17.1 Å². The minimum atomic E-state index is -3.67. The van der Waals surface area contributed by atoms with E-state index in [1.54, 1.807) is 38.4 Å². The van der Waals surface area contributed by atoms with E-state index in [1.807, 2.05) is 13.0 Å². The third kappa shape index (κ3) is 5.89. The van der Waals surface area contributed by atoms with Gasteiger partial charge in [0.1, 0.15) is 5.41 Å². The number of hydrogen-bond donors (Lipinski definition) is 2. The molecule has 4 heterocycles. The van der Waals surface area contributed by atoms with Gasteiger partial charge in [0, 0.05) is 36.2 Å². The van der Waals surface area contributed by atoms with Crippen molar-refractivity contribution in [3.05, 3.63) is 54.4 Å². The van der Waals surface area contributed by atoms with Crippen molar-refractivity contribution < 1.29 is 22.7 Å². The second-order valence-electron chi connectivity index (χ2n) is 9.40. The van der Waals surface area contributed by atoms with Crippen molar-refractivity contribution in [1.82, 2.24) is 24.9 Å². The molecule has 12 nitrogen and oxygen atoms in total. The Morgan fingerprint density at radius 3 is 2.71 bits per heavy atom. The largest absolute Gasteiger partial charge is 0.477 e. The fraction of sp³-hybridized carbons (Fsp3) is 0.440. The minimum Gasteiger partial charge on any atom is -0.477 e. The number of nitrogens with one attached hydrogen (secondary N) is 1. The topological polar surface area (TPSA) is 172 Å². The van der Waals surface area contributed by atoms with E-state index in [4.69, 9.17) is 15.2 Å². The first kappa shape index (κ1) is 27.3. The van der Waals surface area contributed by atoms with Gasteiger partial charge in [-0.15, -0.1) is 0 Å². The molecule has 1 amide bonds. The van der Waals surface area contributed by atoms with Gasteiger partial charge < -0.3 is 15.2 Å². The zero-order valence-electron chi connectivity index (χ0n) is 21.5. The summed E-state index contributed by atoms with van der Waals surface area (Å²) in [6, 6.07) is 5.19. The number of primary amides is 1. The van der Waals surface area contributed by atoms with E-state index >= 15 is 0 Å². The predicted molar refractivity (Wildman–Crippen MR) is 140 cm³/mol. The van der Waals surface area contributed by atoms with Crippen molar-refractivity contribution in [3.63, 3.8) is 0 Å². The Balaban J connectivity index is 1.69. The molecular weight excluding hydrogens is 510 g/mol. The molecule has 0 bridgehead atoms. The highest BCUT2D eigenvalue weighted by Gasteiger charge is 2.50. The van der Waals surface area contributed by atoms with Crippen molar-refractivity contribution in [1.29, 1.82) is 0 Å². The molecule has 0 aliphatic carbocycles. The number of ether oxygens (including phenoxy) is 2. The van der Waals surface area contributed by atoms with E-state index in [1.165, 1.54) is 12.4 Å². The second kappa shape index (κ2) is 11.4. The molecular formula is C25H31N7O5S. The molecule has 38 heavy (non-hydrogen) atoms. The Hall–Kier alpha value is -3.71. The first-order valence-corrected chi connectivity index (χ1v) is 13.9. The third-order valence-corrected chi connectivity index (χ3v) is 7.81. The number of amides is 1. The van der Waals surface area contributed by atoms with Crippen molar-refractivity contribution in [2.24, 2.45) is 11.7 Å². The lowest BCUT2D eigenvalue weighted by molar-refractivity contribution is -0.128. The molecule has 0 aromatic carbocycles. The van der Waals surface area contributed by atoms with Gasteiger partial charge in [-0.2, -0.15) is 0 Å². The minimum absolute atomic E-state index is 0.0887. The summed E-state index contributed by atoms with van der Waals surface area (Å²) >= 11 is 0. The number of aromatic nitrogens is 5. The molecule has 1 aliphatic rings. The van der Waals surface area contributed by atoms with E-state index in [0.717, 1.165) is 0 Å². The zero-order valence-corrected chi connectivity index (χ0v) is 22.3. The average molecular weight is 542 g/mol. The summed E-state index contributed by atoms with van der Waals surface area (Å²) in [4.78, 5) is 34.8. The van der Waals surface area contributed by atoms with E-state index in [2.05, 4.69) is 29.6 Å². The maximum Gasteiger partial charge on any atom is 0.236 e. The lowest BCUT2D eigenvalue weighted by Gasteiger charge is -2.40. The Morgan fingerprint density at radius 2 is 2.03 bits per heavy atom. The van der Waals surface area contributed by atoms with Crippen LogP contribution < -0.4 is 15.2 Å². The summed E-state index contributed by atoms with van der Waals surface area (Å²) in [6.07, 6.45) is 6.44. The van der Waals surface area contributed by atoms with Crippen LogP contribution in [-0.4, -0.2) is 64.8 Å². The predicted octanol–water partition coefficient (Wildman–Crippen LogP) is 2.05. The summed E-state index contributed by atoms with van der Waals surface area (Å²) in [6.45, 7) is 6.37. The van der Waals surface area contributed by atoms with Gasteiger partial charge in [-0.05, 0) is 37.5 Å². The fourth-order valence-electron chi connectivity index (χ4n) is 4.56. The van der Waals surface area contributed by atoms with E-state index < -0.39 is 27.3 Å². The molecule has 13 heteroatoms. The number of hydrogen-bond acceptors (Lipinski definition) is 10. The lowest BCUT2D eigenvalue weighted by Crippen LogP contribution is -2.51. The number of carbonyl (C=O) groups is 1. The van der Waals surface area contributed by atoms with Gasteiger partial charge in [-0.25, -0.2) is 23.4 Å². The molecule has 3 N–H and O–H groups in total. The van der Waals surface area contributed by atoms with Crippen LogP contribution in [0.1, 0.15) is 44.5 Å². The highest BCUT2D eigenvalue weighted by molar-refractivity contribution is 7.92. The smallest absolute Gasteiger partial charge is 0.236 e. The number of rotatable bonds is 10. The van der Waals surface area contributed by atoms with Crippen LogP contribution >= 0.6 is 0 Å². The Labute approximate surface area is 221 Å². The summed E-state index contributed by atoms with van der Waals surface area (Å²) < 4.78 is 38.5. The number of carbonyl (C=O) groups excluding carboxylic acids is 1. The maximum atomic E-state index is 13.1. The maximum absolute atomic E-state index is 13.1. The van der Waals surface area contributed by atoms with Crippen molar-refractivity contribution in [2.75, 3.05) is 30.3 Å². The normalized spacial score (nSPS) is 19.7. The number of nitrogens with two attached hydrogens (primary N) is 1. The van der Waals surface area contributed by atoms with Crippen LogP contribution in [0.4, 0.5) is 5.95 Å². The summed E-state index contributed by atoms with van der Waals surface area (Å²) in [5, 5.41) is 0. The number of anilines is 1.